The average molecular weight is 225 g/mol. The van der Waals surface area contributed by atoms with Gasteiger partial charge in [0.15, 0.2) is 0 Å². The van der Waals surface area contributed by atoms with Crippen molar-refractivity contribution < 1.29 is 4.79 Å². The lowest BCUT2D eigenvalue weighted by Crippen LogP contribution is -2.39. The van der Waals surface area contributed by atoms with Gasteiger partial charge >= 0.3 is 5.69 Å². The topological polar surface area (TPSA) is 113 Å². The zero-order valence-electron chi connectivity index (χ0n) is 8.61. The van der Waals surface area contributed by atoms with Gasteiger partial charge < -0.3 is 16.0 Å². The number of aromatic amines is 1. The van der Waals surface area contributed by atoms with Gasteiger partial charge in [0.1, 0.15) is 11.5 Å². The Morgan fingerprint density at radius 2 is 2.19 bits per heavy atom. The molecule has 8 nitrogen and oxygen atoms in total. The zero-order chi connectivity index (χ0) is 11.9. The van der Waals surface area contributed by atoms with E-state index < -0.39 is 17.2 Å². The van der Waals surface area contributed by atoms with Crippen LogP contribution in [0.15, 0.2) is 9.59 Å². The molecule has 0 aliphatic carbocycles. The Hall–Kier alpha value is -2.25. The molecular weight excluding hydrogens is 214 g/mol. The standard InChI is InChI=1S/C8H11N5O3/c1-12-7(15)5-6(11-8(12)16)10-3-13(5)2-4(9)14/h10H,2-3H2,1H3,(H2,9,14)(H,11,16). The summed E-state index contributed by atoms with van der Waals surface area (Å²) in [6.07, 6.45) is 0. The molecule has 0 atom stereocenters. The van der Waals surface area contributed by atoms with Crippen molar-refractivity contribution in [1.29, 1.82) is 0 Å². The quantitative estimate of drug-likeness (QED) is 0.526. The second-order valence-electron chi connectivity index (χ2n) is 3.52. The van der Waals surface area contributed by atoms with E-state index in [1.165, 1.54) is 11.9 Å². The van der Waals surface area contributed by atoms with E-state index in [2.05, 4.69) is 10.3 Å². The molecule has 0 spiro atoms. The van der Waals surface area contributed by atoms with Crippen LogP contribution in [0, 0.1) is 0 Å². The van der Waals surface area contributed by atoms with Crippen LogP contribution in [-0.4, -0.2) is 28.7 Å². The lowest BCUT2D eigenvalue weighted by Gasteiger charge is -2.14. The number of fused-ring (bicyclic) bond motifs is 1. The number of nitrogens with one attached hydrogen (secondary N) is 2. The Kier molecular flexibility index (Phi) is 2.18. The maximum absolute atomic E-state index is 11.8. The van der Waals surface area contributed by atoms with Gasteiger partial charge in [0.2, 0.25) is 5.91 Å². The van der Waals surface area contributed by atoms with Gasteiger partial charge in [-0.15, -0.1) is 0 Å². The summed E-state index contributed by atoms with van der Waals surface area (Å²) in [5.74, 6) is -0.211. The van der Waals surface area contributed by atoms with Gasteiger partial charge in [-0.2, -0.15) is 0 Å². The number of anilines is 2. The molecule has 0 aromatic carbocycles. The van der Waals surface area contributed by atoms with Crippen molar-refractivity contribution in [1.82, 2.24) is 9.55 Å². The number of amides is 1. The molecule has 0 bridgehead atoms. The van der Waals surface area contributed by atoms with Crippen molar-refractivity contribution in [2.45, 2.75) is 0 Å². The molecule has 0 unspecified atom stereocenters. The van der Waals surface area contributed by atoms with Crippen LogP contribution in [0.1, 0.15) is 0 Å². The van der Waals surface area contributed by atoms with Crippen LogP contribution in [0.5, 0.6) is 0 Å². The minimum atomic E-state index is -0.539. The van der Waals surface area contributed by atoms with Crippen molar-refractivity contribution in [2.24, 2.45) is 12.8 Å². The first kappa shape index (κ1) is 10.3. The van der Waals surface area contributed by atoms with Gasteiger partial charge in [0.05, 0.1) is 13.2 Å². The molecule has 0 saturated heterocycles. The molecule has 2 heterocycles. The Balaban J connectivity index is 2.55. The summed E-state index contributed by atoms with van der Waals surface area (Å²) in [5, 5.41) is 2.81. The summed E-state index contributed by atoms with van der Waals surface area (Å²) < 4.78 is 0.944. The molecule has 1 amide bonds. The molecule has 8 heteroatoms. The van der Waals surface area contributed by atoms with Crippen LogP contribution in [0.2, 0.25) is 0 Å². The predicted molar refractivity (Wildman–Crippen MR) is 57.3 cm³/mol. The number of hydrogen-bond donors (Lipinski definition) is 3. The van der Waals surface area contributed by atoms with Crippen molar-refractivity contribution >= 4 is 17.4 Å². The third-order valence-corrected chi connectivity index (χ3v) is 2.39. The van der Waals surface area contributed by atoms with Crippen LogP contribution < -0.4 is 27.2 Å². The summed E-state index contributed by atoms with van der Waals surface area (Å²) >= 11 is 0. The molecule has 0 fully saturated rings. The van der Waals surface area contributed by atoms with Gasteiger partial charge in [0, 0.05) is 7.05 Å². The molecule has 1 aromatic heterocycles. The van der Waals surface area contributed by atoms with Gasteiger partial charge in [0.25, 0.3) is 5.56 Å². The van der Waals surface area contributed by atoms with Crippen molar-refractivity contribution in [3.8, 4) is 0 Å². The lowest BCUT2D eigenvalue weighted by molar-refractivity contribution is -0.116. The largest absolute Gasteiger partial charge is 0.368 e. The average Bonchev–Trinajstić information content (AvgIpc) is 2.57. The fourth-order valence-corrected chi connectivity index (χ4v) is 1.61. The smallest absolute Gasteiger partial charge is 0.329 e. The van der Waals surface area contributed by atoms with E-state index >= 15 is 0 Å². The van der Waals surface area contributed by atoms with Crippen LogP contribution in [0.25, 0.3) is 0 Å². The Labute approximate surface area is 89.7 Å². The molecule has 1 aliphatic rings. The number of carbonyl (C=O) groups is 1. The van der Waals surface area contributed by atoms with E-state index in [1.807, 2.05) is 0 Å². The number of rotatable bonds is 2. The van der Waals surface area contributed by atoms with Crippen LogP contribution in [-0.2, 0) is 11.8 Å². The highest BCUT2D eigenvalue weighted by Gasteiger charge is 2.25. The summed E-state index contributed by atoms with van der Waals surface area (Å²) in [6, 6.07) is 0. The minimum Gasteiger partial charge on any atom is -0.368 e. The minimum absolute atomic E-state index is 0.0682. The molecular formula is C8H11N5O3. The maximum Gasteiger partial charge on any atom is 0.329 e. The van der Waals surface area contributed by atoms with E-state index in [-0.39, 0.29) is 18.9 Å². The van der Waals surface area contributed by atoms with Crippen molar-refractivity contribution in [3.05, 3.63) is 20.8 Å². The van der Waals surface area contributed by atoms with Gasteiger partial charge in [-0.1, -0.05) is 0 Å². The van der Waals surface area contributed by atoms with Crippen LogP contribution in [0.4, 0.5) is 11.5 Å². The number of primary amides is 1. The summed E-state index contributed by atoms with van der Waals surface area (Å²) in [4.78, 5) is 37.9. The Bertz CT molecular complexity index is 558. The first-order valence-corrected chi connectivity index (χ1v) is 4.61. The van der Waals surface area contributed by atoms with Crippen molar-refractivity contribution in [2.75, 3.05) is 23.4 Å². The molecule has 4 N–H and O–H groups in total. The van der Waals surface area contributed by atoms with Crippen molar-refractivity contribution in [3.63, 3.8) is 0 Å². The van der Waals surface area contributed by atoms with E-state index in [0.29, 0.717) is 5.82 Å². The normalized spacial score (nSPS) is 13.4. The van der Waals surface area contributed by atoms with Gasteiger partial charge in [-0.25, -0.2) is 4.79 Å². The molecule has 86 valence electrons. The van der Waals surface area contributed by atoms with E-state index in [1.54, 1.807) is 0 Å². The van der Waals surface area contributed by atoms with Crippen LogP contribution in [0.3, 0.4) is 0 Å². The van der Waals surface area contributed by atoms with E-state index in [9.17, 15) is 14.4 Å². The third-order valence-electron chi connectivity index (χ3n) is 2.39. The Morgan fingerprint density at radius 3 is 2.81 bits per heavy atom. The molecule has 0 saturated carbocycles. The number of nitrogens with two attached hydrogens (primary N) is 1. The van der Waals surface area contributed by atoms with E-state index in [0.717, 1.165) is 4.57 Å². The highest BCUT2D eigenvalue weighted by atomic mass is 16.2. The number of nitrogens with zero attached hydrogens (tertiary/aromatic N) is 2. The molecule has 2 rings (SSSR count). The number of hydrogen-bond acceptors (Lipinski definition) is 5. The second kappa shape index (κ2) is 3.40. The fourth-order valence-electron chi connectivity index (χ4n) is 1.61. The fraction of sp³-hybridized carbons (Fsp3) is 0.375. The molecule has 1 aromatic rings. The van der Waals surface area contributed by atoms with Gasteiger partial charge in [-0.3, -0.25) is 19.1 Å². The lowest BCUT2D eigenvalue weighted by atomic mass is 10.4. The molecule has 0 radical (unpaired) electrons. The highest BCUT2D eigenvalue weighted by molar-refractivity contribution is 5.82. The van der Waals surface area contributed by atoms with Crippen LogP contribution >= 0.6 is 0 Å². The zero-order valence-corrected chi connectivity index (χ0v) is 8.61. The second-order valence-corrected chi connectivity index (χ2v) is 3.52. The first-order valence-electron chi connectivity index (χ1n) is 4.61. The maximum atomic E-state index is 11.8. The first-order chi connectivity index (χ1) is 7.50. The Morgan fingerprint density at radius 1 is 1.50 bits per heavy atom. The third kappa shape index (κ3) is 1.44. The predicted octanol–water partition coefficient (Wildman–Crippen LogP) is -2.25. The number of H-pyrrole nitrogens is 1. The monoisotopic (exact) mass is 225 g/mol. The number of carbonyl (C=O) groups excluding carboxylic acids is 1. The summed E-state index contributed by atoms with van der Waals surface area (Å²) in [5.41, 5.74) is 4.37. The SMILES string of the molecule is Cn1c(=O)[nH]c2c(c1=O)N(CC(N)=O)CN2. The summed E-state index contributed by atoms with van der Waals surface area (Å²) in [7, 11) is 1.36. The number of aromatic nitrogens is 2. The highest BCUT2D eigenvalue weighted by Crippen LogP contribution is 2.22. The molecule has 1 aliphatic heterocycles. The summed E-state index contributed by atoms with van der Waals surface area (Å²) in [6.45, 7) is 0.203. The molecule has 16 heavy (non-hydrogen) atoms. The van der Waals surface area contributed by atoms with Gasteiger partial charge in [-0.05, 0) is 0 Å². The van der Waals surface area contributed by atoms with E-state index in [4.69, 9.17) is 5.73 Å².